The molecule has 0 saturated carbocycles. The summed E-state index contributed by atoms with van der Waals surface area (Å²) < 4.78 is 0. The van der Waals surface area contributed by atoms with E-state index in [2.05, 4.69) is 15.0 Å². The molecule has 3 aromatic rings. The van der Waals surface area contributed by atoms with E-state index in [1.54, 1.807) is 24.1 Å². The Kier molecular flexibility index (Phi) is 3.29. The molecule has 3 aromatic heterocycles. The molecule has 0 aromatic carbocycles. The van der Waals surface area contributed by atoms with Gasteiger partial charge in [-0.05, 0) is 23.3 Å². The Bertz CT molecular complexity index is 709. The smallest absolute Gasteiger partial charge is 0.143 e. The summed E-state index contributed by atoms with van der Waals surface area (Å²) in [5.41, 5.74) is 4.47. The molecule has 5 heteroatoms. The molecule has 0 fully saturated rings. The largest absolute Gasteiger partial charge is 0.299 e. The van der Waals surface area contributed by atoms with Crippen LogP contribution in [0.4, 0.5) is 0 Å². The van der Waals surface area contributed by atoms with Gasteiger partial charge in [-0.2, -0.15) is 0 Å². The fraction of sp³-hybridized carbons (Fsp3) is 0.143. The Morgan fingerprint density at radius 2 is 2.05 bits per heavy atom. The number of carbonyl (C=O) groups excluding carboxylic acids is 1. The number of pyridine rings is 2. The first kappa shape index (κ1) is 11.9. The zero-order valence-corrected chi connectivity index (χ0v) is 10.9. The van der Waals surface area contributed by atoms with Gasteiger partial charge in [0.1, 0.15) is 16.1 Å². The second-order valence-corrected chi connectivity index (χ2v) is 5.11. The molecular weight excluding hydrogens is 258 g/mol. The quantitative estimate of drug-likeness (QED) is 0.730. The maximum atomic E-state index is 12.0. The number of ketones is 1. The van der Waals surface area contributed by atoms with Gasteiger partial charge >= 0.3 is 0 Å². The van der Waals surface area contributed by atoms with Crippen molar-refractivity contribution in [3.8, 4) is 0 Å². The van der Waals surface area contributed by atoms with Gasteiger partial charge in [-0.25, -0.2) is 9.97 Å². The highest BCUT2D eigenvalue weighted by Gasteiger charge is 2.07. The van der Waals surface area contributed by atoms with Gasteiger partial charge in [-0.3, -0.25) is 9.78 Å². The van der Waals surface area contributed by atoms with E-state index < -0.39 is 0 Å². The second-order valence-electron chi connectivity index (χ2n) is 4.27. The Balaban J connectivity index is 1.72. The van der Waals surface area contributed by atoms with Crippen molar-refractivity contribution < 1.29 is 4.79 Å². The highest BCUT2D eigenvalue weighted by Crippen LogP contribution is 2.16. The monoisotopic (exact) mass is 269 g/mol. The van der Waals surface area contributed by atoms with Crippen molar-refractivity contribution in [1.82, 2.24) is 15.0 Å². The van der Waals surface area contributed by atoms with Gasteiger partial charge in [0.05, 0.1) is 5.51 Å². The standard InChI is InChI=1S/C14H11N3OS/c18-12(4-10-2-1-3-15-7-10)5-11-6-13-14(16-8-11)19-9-17-13/h1-3,6-9H,4-5H2. The number of rotatable bonds is 4. The SMILES string of the molecule is O=C(Cc1cccnc1)Cc1cnc2scnc2c1. The van der Waals surface area contributed by atoms with Gasteiger partial charge < -0.3 is 0 Å². The van der Waals surface area contributed by atoms with E-state index in [9.17, 15) is 4.79 Å². The van der Waals surface area contributed by atoms with E-state index >= 15 is 0 Å². The fourth-order valence-electron chi connectivity index (χ4n) is 1.92. The van der Waals surface area contributed by atoms with Crippen LogP contribution in [0.5, 0.6) is 0 Å². The van der Waals surface area contributed by atoms with Crippen molar-refractivity contribution in [1.29, 1.82) is 0 Å². The first-order valence-corrected chi connectivity index (χ1v) is 6.78. The van der Waals surface area contributed by atoms with Crippen LogP contribution >= 0.6 is 11.3 Å². The van der Waals surface area contributed by atoms with Gasteiger partial charge in [0.2, 0.25) is 0 Å². The number of thiazole rings is 1. The summed E-state index contributed by atoms with van der Waals surface area (Å²) in [5, 5.41) is 0. The molecule has 0 aliphatic heterocycles. The van der Waals surface area contributed by atoms with Crippen LogP contribution in [0.2, 0.25) is 0 Å². The lowest BCUT2D eigenvalue weighted by atomic mass is 10.1. The van der Waals surface area contributed by atoms with Crippen LogP contribution in [0.25, 0.3) is 10.3 Å². The minimum absolute atomic E-state index is 0.157. The van der Waals surface area contributed by atoms with Crippen LogP contribution in [-0.2, 0) is 17.6 Å². The predicted molar refractivity (Wildman–Crippen MR) is 74.1 cm³/mol. The molecule has 0 N–H and O–H groups in total. The first-order chi connectivity index (χ1) is 9.31. The lowest BCUT2D eigenvalue weighted by Crippen LogP contribution is -2.07. The summed E-state index contributed by atoms with van der Waals surface area (Å²) >= 11 is 1.50. The zero-order valence-electron chi connectivity index (χ0n) is 10.1. The van der Waals surface area contributed by atoms with Crippen molar-refractivity contribution >= 4 is 27.5 Å². The molecule has 3 rings (SSSR count). The van der Waals surface area contributed by atoms with Crippen LogP contribution < -0.4 is 0 Å². The molecule has 0 radical (unpaired) electrons. The summed E-state index contributed by atoms with van der Waals surface area (Å²) in [4.78, 5) is 25.4. The topological polar surface area (TPSA) is 55.7 Å². The second kappa shape index (κ2) is 5.24. The van der Waals surface area contributed by atoms with E-state index in [0.29, 0.717) is 12.8 Å². The minimum Gasteiger partial charge on any atom is -0.299 e. The molecule has 0 saturated heterocycles. The molecule has 0 spiro atoms. The Morgan fingerprint density at radius 3 is 2.89 bits per heavy atom. The molecule has 4 nitrogen and oxygen atoms in total. The van der Waals surface area contributed by atoms with Gasteiger partial charge in [0.25, 0.3) is 0 Å². The van der Waals surface area contributed by atoms with E-state index in [4.69, 9.17) is 0 Å². The van der Waals surface area contributed by atoms with Crippen LogP contribution in [0.1, 0.15) is 11.1 Å². The van der Waals surface area contributed by atoms with Crippen LogP contribution in [0.15, 0.2) is 42.3 Å². The number of carbonyl (C=O) groups is 1. The molecule has 19 heavy (non-hydrogen) atoms. The average Bonchev–Trinajstić information content (AvgIpc) is 2.87. The lowest BCUT2D eigenvalue weighted by molar-refractivity contribution is -0.117. The number of Topliss-reactive ketones (excluding diaryl/α,β-unsaturated/α-hetero) is 1. The van der Waals surface area contributed by atoms with Gasteiger partial charge in [0.15, 0.2) is 0 Å². The lowest BCUT2D eigenvalue weighted by Gasteiger charge is -2.01. The number of fused-ring (bicyclic) bond motifs is 1. The summed E-state index contributed by atoms with van der Waals surface area (Å²) in [6, 6.07) is 5.68. The third-order valence-corrected chi connectivity index (χ3v) is 3.52. The Hall–Kier alpha value is -2.14. The molecule has 0 atom stereocenters. The third-order valence-electron chi connectivity index (χ3n) is 2.77. The summed E-state index contributed by atoms with van der Waals surface area (Å²) in [6.07, 6.45) is 5.97. The van der Waals surface area contributed by atoms with E-state index in [1.165, 1.54) is 11.3 Å². The van der Waals surface area contributed by atoms with Crippen molar-refractivity contribution in [2.24, 2.45) is 0 Å². The van der Waals surface area contributed by atoms with Crippen LogP contribution in [-0.4, -0.2) is 20.7 Å². The number of hydrogen-bond donors (Lipinski definition) is 0. The molecule has 0 aliphatic carbocycles. The predicted octanol–water partition coefficient (Wildman–Crippen LogP) is 2.44. The average molecular weight is 269 g/mol. The minimum atomic E-state index is 0.157. The Labute approximate surface area is 114 Å². The van der Waals surface area contributed by atoms with Crippen LogP contribution in [0, 0.1) is 0 Å². The zero-order chi connectivity index (χ0) is 13.1. The van der Waals surface area contributed by atoms with E-state index in [0.717, 1.165) is 21.5 Å². The van der Waals surface area contributed by atoms with Crippen molar-refractivity contribution in [3.05, 3.63) is 53.4 Å². The maximum absolute atomic E-state index is 12.0. The maximum Gasteiger partial charge on any atom is 0.143 e. The number of hydrogen-bond acceptors (Lipinski definition) is 5. The van der Waals surface area contributed by atoms with Crippen molar-refractivity contribution in [2.75, 3.05) is 0 Å². The molecule has 3 heterocycles. The third kappa shape index (κ3) is 2.82. The van der Waals surface area contributed by atoms with Gasteiger partial charge in [-0.15, -0.1) is 11.3 Å². The molecular formula is C14H11N3OS. The van der Waals surface area contributed by atoms with Gasteiger partial charge in [0, 0.05) is 31.4 Å². The number of nitrogens with zero attached hydrogens (tertiary/aromatic N) is 3. The van der Waals surface area contributed by atoms with Crippen LogP contribution in [0.3, 0.4) is 0 Å². The van der Waals surface area contributed by atoms with Crippen molar-refractivity contribution in [2.45, 2.75) is 12.8 Å². The summed E-state index contributed by atoms with van der Waals surface area (Å²) in [5.74, 6) is 0.157. The van der Waals surface area contributed by atoms with E-state index in [-0.39, 0.29) is 5.78 Å². The summed E-state index contributed by atoms with van der Waals surface area (Å²) in [6.45, 7) is 0. The first-order valence-electron chi connectivity index (χ1n) is 5.90. The highest BCUT2D eigenvalue weighted by atomic mass is 32.1. The number of aromatic nitrogens is 3. The molecule has 0 bridgehead atoms. The molecule has 94 valence electrons. The molecule has 0 amide bonds. The molecule has 0 unspecified atom stereocenters. The van der Waals surface area contributed by atoms with Crippen molar-refractivity contribution in [3.63, 3.8) is 0 Å². The normalized spacial score (nSPS) is 10.7. The fourth-order valence-corrected chi connectivity index (χ4v) is 2.53. The molecule has 0 aliphatic rings. The van der Waals surface area contributed by atoms with Gasteiger partial charge in [-0.1, -0.05) is 6.07 Å². The van der Waals surface area contributed by atoms with E-state index in [1.807, 2.05) is 18.2 Å². The summed E-state index contributed by atoms with van der Waals surface area (Å²) in [7, 11) is 0. The Morgan fingerprint density at radius 1 is 1.16 bits per heavy atom. The highest BCUT2D eigenvalue weighted by molar-refractivity contribution is 7.16.